The molecule has 0 bridgehead atoms. The van der Waals surface area contributed by atoms with Gasteiger partial charge in [0.05, 0.1) is 6.04 Å². The first-order chi connectivity index (χ1) is 9.26. The van der Waals surface area contributed by atoms with E-state index in [1.807, 2.05) is 18.2 Å². The normalized spacial score (nSPS) is 14.4. The minimum absolute atomic E-state index is 0.146. The maximum atomic E-state index is 5.39. The van der Waals surface area contributed by atoms with Crippen molar-refractivity contribution < 1.29 is 9.47 Å². The van der Waals surface area contributed by atoms with E-state index < -0.39 is 0 Å². The molecule has 0 radical (unpaired) electrons. The van der Waals surface area contributed by atoms with Gasteiger partial charge in [-0.3, -0.25) is 0 Å². The maximum absolute atomic E-state index is 5.39. The molecule has 0 spiro atoms. The molecule has 1 aromatic heterocycles. The number of aryl methyl sites for hydroxylation is 1. The van der Waals surface area contributed by atoms with E-state index in [1.54, 1.807) is 11.3 Å². The zero-order valence-electron chi connectivity index (χ0n) is 10.8. The number of fused-ring (bicyclic) bond motifs is 1. The average molecular weight is 277 g/mol. The van der Waals surface area contributed by atoms with Crippen LogP contribution < -0.4 is 14.8 Å². The molecule has 1 aliphatic rings. The highest BCUT2D eigenvalue weighted by Gasteiger charge is 2.16. The first-order valence-corrected chi connectivity index (χ1v) is 7.06. The van der Waals surface area contributed by atoms with Crippen LogP contribution in [0.25, 0.3) is 0 Å². The van der Waals surface area contributed by atoms with Gasteiger partial charge in [-0.25, -0.2) is 0 Å². The summed E-state index contributed by atoms with van der Waals surface area (Å²) in [6.45, 7) is 4.47. The monoisotopic (exact) mass is 277 g/mol. The number of benzene rings is 1. The van der Waals surface area contributed by atoms with Crippen molar-refractivity contribution in [2.75, 3.05) is 12.1 Å². The number of rotatable bonds is 4. The lowest BCUT2D eigenvalue weighted by Gasteiger charge is -2.13. The van der Waals surface area contributed by atoms with Crippen LogP contribution >= 0.6 is 11.3 Å². The largest absolute Gasteiger partial charge is 0.454 e. The highest BCUT2D eigenvalue weighted by Crippen LogP contribution is 2.35. The van der Waals surface area contributed by atoms with Crippen LogP contribution in [0.15, 0.2) is 18.2 Å². The lowest BCUT2D eigenvalue weighted by atomic mass is 10.1. The summed E-state index contributed by atoms with van der Waals surface area (Å²) in [7, 11) is 0. The van der Waals surface area contributed by atoms with E-state index in [1.165, 1.54) is 0 Å². The molecule has 1 atom stereocenters. The second-order valence-corrected chi connectivity index (χ2v) is 5.40. The Balaban J connectivity index is 1.74. The molecule has 19 heavy (non-hydrogen) atoms. The summed E-state index contributed by atoms with van der Waals surface area (Å²) >= 11 is 1.59. The highest BCUT2D eigenvalue weighted by atomic mass is 32.1. The molecule has 6 heteroatoms. The molecule has 0 amide bonds. The average Bonchev–Trinajstić information content (AvgIpc) is 3.05. The van der Waals surface area contributed by atoms with Crippen LogP contribution in [0.1, 0.15) is 30.5 Å². The summed E-state index contributed by atoms with van der Waals surface area (Å²) in [6, 6.07) is 6.12. The molecular formula is C13H15N3O2S. The van der Waals surface area contributed by atoms with Crippen LogP contribution in [0.4, 0.5) is 5.13 Å². The van der Waals surface area contributed by atoms with Crippen LogP contribution in [0, 0.1) is 0 Å². The van der Waals surface area contributed by atoms with Gasteiger partial charge in [-0.2, -0.15) is 0 Å². The molecule has 3 rings (SSSR count). The standard InChI is InChI=1S/C13H15N3O2S/c1-3-12-15-16-13(19-12)14-8(2)9-4-5-10-11(6-9)18-7-17-10/h4-6,8H,3,7H2,1-2H3,(H,14,16). The fourth-order valence-corrected chi connectivity index (χ4v) is 2.67. The van der Waals surface area contributed by atoms with Gasteiger partial charge in [0.25, 0.3) is 0 Å². The Morgan fingerprint density at radius 3 is 2.95 bits per heavy atom. The van der Waals surface area contributed by atoms with E-state index >= 15 is 0 Å². The van der Waals surface area contributed by atoms with Crippen LogP contribution in [-0.2, 0) is 6.42 Å². The predicted molar refractivity (Wildman–Crippen MR) is 73.9 cm³/mol. The van der Waals surface area contributed by atoms with Gasteiger partial charge in [0.2, 0.25) is 11.9 Å². The Morgan fingerprint density at radius 1 is 1.32 bits per heavy atom. The number of hydrogen-bond acceptors (Lipinski definition) is 6. The molecule has 100 valence electrons. The molecule has 1 aliphatic heterocycles. The molecule has 1 N–H and O–H groups in total. The van der Waals surface area contributed by atoms with E-state index in [0.29, 0.717) is 6.79 Å². The Kier molecular flexibility index (Phi) is 3.25. The third kappa shape index (κ3) is 2.49. The third-order valence-corrected chi connectivity index (χ3v) is 4.00. The fraction of sp³-hybridized carbons (Fsp3) is 0.385. The Labute approximate surface area is 115 Å². The van der Waals surface area contributed by atoms with Gasteiger partial charge in [0.15, 0.2) is 11.5 Å². The number of ether oxygens (including phenoxy) is 2. The first-order valence-electron chi connectivity index (χ1n) is 6.24. The van der Waals surface area contributed by atoms with Crippen LogP contribution in [-0.4, -0.2) is 17.0 Å². The Bertz CT molecular complexity index is 585. The summed E-state index contributed by atoms with van der Waals surface area (Å²) in [5.41, 5.74) is 1.14. The van der Waals surface area contributed by atoms with Crippen LogP contribution in [0.5, 0.6) is 11.5 Å². The molecule has 1 unspecified atom stereocenters. The topological polar surface area (TPSA) is 56.3 Å². The molecule has 2 aromatic rings. The predicted octanol–water partition coefficient (Wildman–Crippen LogP) is 3.00. The number of nitrogens with zero attached hydrogens (tertiary/aromatic N) is 2. The first kappa shape index (κ1) is 12.2. The molecule has 0 aliphatic carbocycles. The van der Waals surface area contributed by atoms with Crippen LogP contribution in [0.3, 0.4) is 0 Å². The lowest BCUT2D eigenvalue weighted by molar-refractivity contribution is 0.174. The van der Waals surface area contributed by atoms with Gasteiger partial charge in [-0.05, 0) is 31.0 Å². The van der Waals surface area contributed by atoms with Crippen molar-refractivity contribution in [2.45, 2.75) is 26.3 Å². The third-order valence-electron chi connectivity index (χ3n) is 3.01. The van der Waals surface area contributed by atoms with Crippen molar-refractivity contribution in [3.8, 4) is 11.5 Å². The van der Waals surface area contributed by atoms with Crippen molar-refractivity contribution in [1.29, 1.82) is 0 Å². The second kappa shape index (κ2) is 5.05. The van der Waals surface area contributed by atoms with Gasteiger partial charge in [-0.15, -0.1) is 10.2 Å². The van der Waals surface area contributed by atoms with E-state index in [9.17, 15) is 0 Å². The molecule has 1 aromatic carbocycles. The summed E-state index contributed by atoms with van der Waals surface area (Å²) in [6.07, 6.45) is 0.914. The van der Waals surface area contributed by atoms with Crippen molar-refractivity contribution in [1.82, 2.24) is 10.2 Å². The number of hydrogen-bond donors (Lipinski definition) is 1. The molecule has 0 fully saturated rings. The Hall–Kier alpha value is -1.82. The number of aromatic nitrogens is 2. The van der Waals surface area contributed by atoms with Gasteiger partial charge in [0, 0.05) is 0 Å². The smallest absolute Gasteiger partial charge is 0.231 e. The van der Waals surface area contributed by atoms with Gasteiger partial charge < -0.3 is 14.8 Å². The minimum Gasteiger partial charge on any atom is -0.454 e. The molecule has 0 saturated heterocycles. The maximum Gasteiger partial charge on any atom is 0.231 e. The highest BCUT2D eigenvalue weighted by molar-refractivity contribution is 7.15. The summed E-state index contributed by atoms with van der Waals surface area (Å²) in [5, 5.41) is 13.5. The van der Waals surface area contributed by atoms with Gasteiger partial charge in [-0.1, -0.05) is 24.3 Å². The van der Waals surface area contributed by atoms with Crippen molar-refractivity contribution in [3.63, 3.8) is 0 Å². The van der Waals surface area contributed by atoms with Crippen molar-refractivity contribution in [3.05, 3.63) is 28.8 Å². The Morgan fingerprint density at radius 2 is 2.16 bits per heavy atom. The molecular weight excluding hydrogens is 262 g/mol. The quantitative estimate of drug-likeness (QED) is 0.931. The van der Waals surface area contributed by atoms with E-state index in [4.69, 9.17) is 9.47 Å². The SMILES string of the molecule is CCc1nnc(NC(C)c2ccc3c(c2)OCO3)s1. The summed E-state index contributed by atoms with van der Waals surface area (Å²) < 4.78 is 10.7. The zero-order chi connectivity index (χ0) is 13.2. The lowest BCUT2D eigenvalue weighted by Crippen LogP contribution is -2.06. The minimum atomic E-state index is 0.146. The van der Waals surface area contributed by atoms with E-state index in [0.717, 1.165) is 33.6 Å². The van der Waals surface area contributed by atoms with Crippen molar-refractivity contribution in [2.24, 2.45) is 0 Å². The molecule has 5 nitrogen and oxygen atoms in total. The zero-order valence-corrected chi connectivity index (χ0v) is 11.7. The fourth-order valence-electron chi connectivity index (χ4n) is 1.91. The summed E-state index contributed by atoms with van der Waals surface area (Å²) in [5.74, 6) is 1.61. The van der Waals surface area contributed by atoms with Gasteiger partial charge in [0.1, 0.15) is 5.01 Å². The van der Waals surface area contributed by atoms with Crippen molar-refractivity contribution >= 4 is 16.5 Å². The van der Waals surface area contributed by atoms with Crippen LogP contribution in [0.2, 0.25) is 0 Å². The van der Waals surface area contributed by atoms with Gasteiger partial charge >= 0.3 is 0 Å². The molecule has 2 heterocycles. The second-order valence-electron chi connectivity index (χ2n) is 4.33. The number of nitrogens with one attached hydrogen (secondary N) is 1. The van der Waals surface area contributed by atoms with E-state index in [-0.39, 0.29) is 6.04 Å². The molecule has 0 saturated carbocycles. The number of anilines is 1. The summed E-state index contributed by atoms with van der Waals surface area (Å²) in [4.78, 5) is 0. The van der Waals surface area contributed by atoms with E-state index in [2.05, 4.69) is 29.4 Å².